The minimum absolute atomic E-state index is 0.225. The number of anilines is 2. The number of carboxylic acids is 1. The van der Waals surface area contributed by atoms with Crippen LogP contribution in [-0.4, -0.2) is 53.9 Å². The molecule has 3 N–H and O–H groups in total. The van der Waals surface area contributed by atoms with E-state index in [9.17, 15) is 14.7 Å². The Morgan fingerprint density at radius 1 is 1.08 bits per heavy atom. The molecule has 1 saturated heterocycles. The molecule has 194 valence electrons. The summed E-state index contributed by atoms with van der Waals surface area (Å²) >= 11 is 1.47. The first-order valence-corrected chi connectivity index (χ1v) is 13.8. The Bertz CT molecular complexity index is 1200. The lowest BCUT2D eigenvalue weighted by molar-refractivity contribution is -0.139. The van der Waals surface area contributed by atoms with Crippen LogP contribution in [0.1, 0.15) is 34.3 Å². The standard InChI is InChI=1S/C29H34N4O3S/c1-20-6-5-7-25(37-2)27(20)28(34)32-24(29(35)36)18-21-9-11-23(12-10-21)33-16-13-22(14-17-33)19-31-26-8-3-4-15-30-26/h3-12,15,22,24H,13-14,16-19H2,1-2H3,(H,30,31)(H,32,34)(H,35,36). The first kappa shape index (κ1) is 26.5. The van der Waals surface area contributed by atoms with Gasteiger partial charge in [-0.25, -0.2) is 9.78 Å². The van der Waals surface area contributed by atoms with E-state index in [2.05, 4.69) is 32.7 Å². The fraction of sp³-hybridized carbons (Fsp3) is 0.345. The molecule has 0 saturated carbocycles. The maximum Gasteiger partial charge on any atom is 0.326 e. The van der Waals surface area contributed by atoms with Crippen LogP contribution in [0, 0.1) is 12.8 Å². The van der Waals surface area contributed by atoms with Gasteiger partial charge in [-0.05, 0) is 73.4 Å². The van der Waals surface area contributed by atoms with Crippen LogP contribution in [0.5, 0.6) is 0 Å². The van der Waals surface area contributed by atoms with Crippen LogP contribution in [0.2, 0.25) is 0 Å². The van der Waals surface area contributed by atoms with Crippen molar-refractivity contribution in [3.05, 3.63) is 83.6 Å². The molecule has 1 aromatic heterocycles. The molecule has 4 rings (SSSR count). The lowest BCUT2D eigenvalue weighted by Crippen LogP contribution is -2.42. The van der Waals surface area contributed by atoms with E-state index < -0.39 is 12.0 Å². The summed E-state index contributed by atoms with van der Waals surface area (Å²) in [4.78, 5) is 32.5. The normalized spacial score (nSPS) is 14.7. The Hall–Kier alpha value is -3.52. The highest BCUT2D eigenvalue weighted by molar-refractivity contribution is 7.98. The maximum absolute atomic E-state index is 13.0. The lowest BCUT2D eigenvalue weighted by atomic mass is 9.96. The number of carbonyl (C=O) groups excluding carboxylic acids is 1. The number of thioether (sulfide) groups is 1. The molecule has 1 aliphatic rings. The van der Waals surface area contributed by atoms with Gasteiger partial charge in [-0.1, -0.05) is 30.3 Å². The Morgan fingerprint density at radius 2 is 1.84 bits per heavy atom. The highest BCUT2D eigenvalue weighted by atomic mass is 32.2. The molecule has 3 aromatic rings. The van der Waals surface area contributed by atoms with Crippen molar-refractivity contribution in [1.82, 2.24) is 10.3 Å². The minimum Gasteiger partial charge on any atom is -0.480 e. The molecular weight excluding hydrogens is 484 g/mol. The molecule has 0 radical (unpaired) electrons. The van der Waals surface area contributed by atoms with Crippen molar-refractivity contribution in [2.75, 3.05) is 36.1 Å². The number of amides is 1. The molecule has 1 fully saturated rings. The van der Waals surface area contributed by atoms with Crippen molar-refractivity contribution < 1.29 is 14.7 Å². The second-order valence-corrected chi connectivity index (χ2v) is 10.3. The molecule has 0 aliphatic carbocycles. The molecule has 1 aliphatic heterocycles. The largest absolute Gasteiger partial charge is 0.480 e. The van der Waals surface area contributed by atoms with Crippen LogP contribution in [-0.2, 0) is 11.2 Å². The Kier molecular flexibility index (Phi) is 9.06. The van der Waals surface area contributed by atoms with Crippen molar-refractivity contribution in [3.63, 3.8) is 0 Å². The van der Waals surface area contributed by atoms with Gasteiger partial charge in [0.2, 0.25) is 0 Å². The Labute approximate surface area is 222 Å². The number of hydrogen-bond acceptors (Lipinski definition) is 6. The number of aliphatic carboxylic acids is 1. The first-order chi connectivity index (χ1) is 17.9. The summed E-state index contributed by atoms with van der Waals surface area (Å²) in [5, 5.41) is 15.9. The van der Waals surface area contributed by atoms with Crippen LogP contribution in [0.25, 0.3) is 0 Å². The van der Waals surface area contributed by atoms with E-state index in [1.807, 2.05) is 61.7 Å². The van der Waals surface area contributed by atoms with Crippen molar-refractivity contribution in [2.24, 2.45) is 5.92 Å². The van der Waals surface area contributed by atoms with Crippen LogP contribution in [0.3, 0.4) is 0 Å². The second-order valence-electron chi connectivity index (χ2n) is 9.41. The summed E-state index contributed by atoms with van der Waals surface area (Å²) in [7, 11) is 0. The number of hydrogen-bond donors (Lipinski definition) is 3. The summed E-state index contributed by atoms with van der Waals surface area (Å²) < 4.78 is 0. The number of piperidine rings is 1. The quantitative estimate of drug-likeness (QED) is 0.330. The van der Waals surface area contributed by atoms with Crippen molar-refractivity contribution >= 4 is 35.1 Å². The highest BCUT2D eigenvalue weighted by Crippen LogP contribution is 2.25. The third-order valence-electron chi connectivity index (χ3n) is 6.88. The number of carboxylic acid groups (broad SMARTS) is 1. The number of aryl methyl sites for hydroxylation is 1. The van der Waals surface area contributed by atoms with Crippen LogP contribution in [0.4, 0.5) is 11.5 Å². The summed E-state index contributed by atoms with van der Waals surface area (Å²) in [5.74, 6) is 0.127. The SMILES string of the molecule is CSc1cccc(C)c1C(=O)NC(Cc1ccc(N2CCC(CNc3ccccn3)CC2)cc1)C(=O)O. The predicted molar refractivity (Wildman–Crippen MR) is 150 cm³/mol. The maximum atomic E-state index is 13.0. The molecule has 37 heavy (non-hydrogen) atoms. The molecule has 1 atom stereocenters. The fourth-order valence-corrected chi connectivity index (χ4v) is 5.39. The molecular formula is C29H34N4O3S. The number of rotatable bonds is 10. The van der Waals surface area contributed by atoms with Gasteiger partial charge < -0.3 is 20.6 Å². The lowest BCUT2D eigenvalue weighted by Gasteiger charge is -2.34. The van der Waals surface area contributed by atoms with E-state index in [-0.39, 0.29) is 12.3 Å². The zero-order valence-corrected chi connectivity index (χ0v) is 22.1. The fourth-order valence-electron chi connectivity index (χ4n) is 4.72. The van der Waals surface area contributed by atoms with Crippen LogP contribution >= 0.6 is 11.8 Å². The Morgan fingerprint density at radius 3 is 2.49 bits per heavy atom. The van der Waals surface area contributed by atoms with Crippen molar-refractivity contribution in [1.29, 1.82) is 0 Å². The zero-order valence-electron chi connectivity index (χ0n) is 21.3. The molecule has 8 heteroatoms. The van der Waals surface area contributed by atoms with Gasteiger partial charge >= 0.3 is 5.97 Å². The molecule has 0 bridgehead atoms. The number of carbonyl (C=O) groups is 2. The van der Waals surface area contributed by atoms with Gasteiger partial charge in [0, 0.05) is 42.8 Å². The average molecular weight is 519 g/mol. The van der Waals surface area contributed by atoms with E-state index in [0.29, 0.717) is 11.5 Å². The number of nitrogens with zero attached hydrogens (tertiary/aromatic N) is 2. The molecule has 1 unspecified atom stereocenters. The topological polar surface area (TPSA) is 94.6 Å². The van der Waals surface area contributed by atoms with Gasteiger partial charge in [-0.2, -0.15) is 0 Å². The third-order valence-corrected chi connectivity index (χ3v) is 7.66. The molecule has 1 amide bonds. The van der Waals surface area contributed by atoms with Crippen molar-refractivity contribution in [2.45, 2.75) is 37.1 Å². The highest BCUT2D eigenvalue weighted by Gasteiger charge is 2.24. The van der Waals surface area contributed by atoms with E-state index in [1.165, 1.54) is 11.8 Å². The van der Waals surface area contributed by atoms with E-state index in [0.717, 1.165) is 60.0 Å². The second kappa shape index (κ2) is 12.6. The molecule has 7 nitrogen and oxygen atoms in total. The molecule has 0 spiro atoms. The van der Waals surface area contributed by atoms with E-state index >= 15 is 0 Å². The number of benzene rings is 2. The smallest absolute Gasteiger partial charge is 0.326 e. The summed E-state index contributed by atoms with van der Waals surface area (Å²) in [6.07, 6.45) is 6.14. The van der Waals surface area contributed by atoms with Gasteiger partial charge in [0.05, 0.1) is 5.56 Å². The third kappa shape index (κ3) is 7.04. The predicted octanol–water partition coefficient (Wildman–Crippen LogP) is 4.87. The summed E-state index contributed by atoms with van der Waals surface area (Å²) in [5.41, 5.74) is 3.38. The molecule has 2 aromatic carbocycles. The van der Waals surface area contributed by atoms with Crippen LogP contribution < -0.4 is 15.5 Å². The van der Waals surface area contributed by atoms with E-state index in [4.69, 9.17) is 0 Å². The average Bonchev–Trinajstić information content (AvgIpc) is 2.92. The number of nitrogens with one attached hydrogen (secondary N) is 2. The number of pyridine rings is 1. The van der Waals surface area contributed by atoms with Gasteiger partial charge in [-0.15, -0.1) is 11.8 Å². The summed E-state index contributed by atoms with van der Waals surface area (Å²) in [6, 6.07) is 18.6. The van der Waals surface area contributed by atoms with Gasteiger partial charge in [-0.3, -0.25) is 4.79 Å². The number of aromatic nitrogens is 1. The minimum atomic E-state index is -1.04. The van der Waals surface area contributed by atoms with Gasteiger partial charge in [0.25, 0.3) is 5.91 Å². The monoisotopic (exact) mass is 518 g/mol. The van der Waals surface area contributed by atoms with E-state index in [1.54, 1.807) is 6.20 Å². The van der Waals surface area contributed by atoms with Gasteiger partial charge in [0.1, 0.15) is 11.9 Å². The van der Waals surface area contributed by atoms with Gasteiger partial charge in [0.15, 0.2) is 0 Å². The molecule has 2 heterocycles. The first-order valence-electron chi connectivity index (χ1n) is 12.6. The van der Waals surface area contributed by atoms with Crippen LogP contribution in [0.15, 0.2) is 71.8 Å². The van der Waals surface area contributed by atoms with Crippen molar-refractivity contribution in [3.8, 4) is 0 Å². The Balaban J connectivity index is 1.31. The zero-order chi connectivity index (χ0) is 26.2. The summed E-state index contributed by atoms with van der Waals surface area (Å²) in [6.45, 7) is 4.75.